The summed E-state index contributed by atoms with van der Waals surface area (Å²) >= 11 is 1.50. The zero-order valence-electron chi connectivity index (χ0n) is 25.2. The van der Waals surface area contributed by atoms with Gasteiger partial charge in [-0.1, -0.05) is 55.8 Å². The van der Waals surface area contributed by atoms with Crippen LogP contribution in [-0.4, -0.2) is 57.1 Å². The predicted octanol–water partition coefficient (Wildman–Crippen LogP) is 5.50. The Kier molecular flexibility index (Phi) is 11.9. The molecule has 0 aliphatic carbocycles. The van der Waals surface area contributed by atoms with Gasteiger partial charge in [-0.15, -0.1) is 11.8 Å². The van der Waals surface area contributed by atoms with Crippen molar-refractivity contribution in [3.05, 3.63) is 83.9 Å². The maximum atomic E-state index is 14.1. The summed E-state index contributed by atoms with van der Waals surface area (Å²) in [6.07, 6.45) is 1.91. The summed E-state index contributed by atoms with van der Waals surface area (Å²) in [5, 5.41) is 2.91. The van der Waals surface area contributed by atoms with E-state index in [1.807, 2.05) is 58.2 Å². The first kappa shape index (κ1) is 33.0. The lowest BCUT2D eigenvalue weighted by Crippen LogP contribution is -2.51. The number of rotatable bonds is 14. The number of nitrogens with one attached hydrogen (secondary N) is 1. The number of sulfonamides is 1. The van der Waals surface area contributed by atoms with Crippen molar-refractivity contribution < 1.29 is 22.7 Å². The van der Waals surface area contributed by atoms with Crippen LogP contribution in [0.3, 0.4) is 0 Å². The van der Waals surface area contributed by atoms with Gasteiger partial charge in [0.25, 0.3) is 10.0 Å². The molecule has 226 valence electrons. The lowest BCUT2D eigenvalue weighted by Gasteiger charge is -2.32. The Labute approximate surface area is 254 Å². The number of aryl methyl sites for hydroxylation is 1. The summed E-state index contributed by atoms with van der Waals surface area (Å²) in [6.45, 7) is 9.80. The SMILES string of the molecule is CCOc1ccccc1N(CC(=O)N(Cc1cccc(C)c1)[C@@H](C)C(=O)NCC(C)C)S(=O)(=O)c1ccc(SC)cc1. The topological polar surface area (TPSA) is 96.0 Å². The first-order valence-electron chi connectivity index (χ1n) is 14.0. The number of nitrogens with zero attached hydrogens (tertiary/aromatic N) is 2. The number of hydrogen-bond donors (Lipinski definition) is 1. The fourth-order valence-electron chi connectivity index (χ4n) is 4.37. The second kappa shape index (κ2) is 15.1. The number of anilines is 1. The molecule has 0 unspecified atom stereocenters. The molecule has 0 heterocycles. The van der Waals surface area contributed by atoms with Crippen LogP contribution in [-0.2, 0) is 26.2 Å². The Morgan fingerprint density at radius 3 is 2.29 bits per heavy atom. The van der Waals surface area contributed by atoms with Gasteiger partial charge in [-0.25, -0.2) is 8.42 Å². The van der Waals surface area contributed by atoms with Gasteiger partial charge in [-0.05, 0) is 74.9 Å². The van der Waals surface area contributed by atoms with Crippen molar-refractivity contribution in [2.45, 2.75) is 57.0 Å². The molecular formula is C32H41N3O5S2. The van der Waals surface area contributed by atoms with E-state index in [-0.39, 0.29) is 29.0 Å². The second-order valence-electron chi connectivity index (χ2n) is 10.4. The highest BCUT2D eigenvalue weighted by molar-refractivity contribution is 7.98. The third-order valence-electron chi connectivity index (χ3n) is 6.65. The highest BCUT2D eigenvalue weighted by Gasteiger charge is 2.33. The molecule has 0 saturated carbocycles. The van der Waals surface area contributed by atoms with E-state index < -0.39 is 28.5 Å². The second-order valence-corrected chi connectivity index (χ2v) is 13.2. The molecule has 1 atom stereocenters. The van der Waals surface area contributed by atoms with Gasteiger partial charge in [0, 0.05) is 18.0 Å². The molecule has 3 rings (SSSR count). The number of benzene rings is 3. The van der Waals surface area contributed by atoms with E-state index in [1.165, 1.54) is 28.8 Å². The maximum absolute atomic E-state index is 14.1. The van der Waals surface area contributed by atoms with Gasteiger partial charge in [0.05, 0.1) is 17.2 Å². The van der Waals surface area contributed by atoms with Crippen molar-refractivity contribution in [3.63, 3.8) is 0 Å². The van der Waals surface area contributed by atoms with Gasteiger partial charge < -0.3 is 15.0 Å². The summed E-state index contributed by atoms with van der Waals surface area (Å²) in [5.41, 5.74) is 2.10. The third kappa shape index (κ3) is 8.51. The zero-order chi connectivity index (χ0) is 30.9. The quantitative estimate of drug-likeness (QED) is 0.242. The van der Waals surface area contributed by atoms with Crippen LogP contribution in [0.15, 0.2) is 82.6 Å². The van der Waals surface area contributed by atoms with E-state index in [4.69, 9.17) is 4.74 Å². The number of carbonyl (C=O) groups is 2. The molecule has 0 saturated heterocycles. The lowest BCUT2D eigenvalue weighted by molar-refractivity contribution is -0.139. The molecule has 3 aromatic rings. The summed E-state index contributed by atoms with van der Waals surface area (Å²) in [4.78, 5) is 29.7. The maximum Gasteiger partial charge on any atom is 0.264 e. The van der Waals surface area contributed by atoms with Gasteiger partial charge >= 0.3 is 0 Å². The molecular weight excluding hydrogens is 571 g/mol. The molecule has 8 nitrogen and oxygen atoms in total. The number of ether oxygens (including phenoxy) is 1. The Hall–Kier alpha value is -3.50. The van der Waals surface area contributed by atoms with Crippen molar-refractivity contribution >= 4 is 39.3 Å². The normalized spacial score (nSPS) is 12.1. The van der Waals surface area contributed by atoms with Crippen LogP contribution in [0, 0.1) is 12.8 Å². The smallest absolute Gasteiger partial charge is 0.264 e. The van der Waals surface area contributed by atoms with Crippen LogP contribution in [0.4, 0.5) is 5.69 Å². The molecule has 1 N–H and O–H groups in total. The average Bonchev–Trinajstić information content (AvgIpc) is 2.97. The lowest BCUT2D eigenvalue weighted by atomic mass is 10.1. The first-order chi connectivity index (χ1) is 20.0. The summed E-state index contributed by atoms with van der Waals surface area (Å²) in [5.74, 6) is -0.249. The van der Waals surface area contributed by atoms with Crippen LogP contribution in [0.25, 0.3) is 0 Å². The van der Waals surface area contributed by atoms with Gasteiger partial charge in [0.1, 0.15) is 18.3 Å². The summed E-state index contributed by atoms with van der Waals surface area (Å²) in [6, 6.07) is 20.1. The van der Waals surface area contributed by atoms with Gasteiger partial charge in [-0.2, -0.15) is 0 Å². The molecule has 0 aromatic heterocycles. The molecule has 0 aliphatic rings. The van der Waals surface area contributed by atoms with Gasteiger partial charge in [-0.3, -0.25) is 13.9 Å². The van der Waals surface area contributed by atoms with E-state index in [0.29, 0.717) is 18.9 Å². The highest BCUT2D eigenvalue weighted by atomic mass is 32.2. The minimum Gasteiger partial charge on any atom is -0.492 e. The van der Waals surface area contributed by atoms with Crippen molar-refractivity contribution in [1.82, 2.24) is 10.2 Å². The summed E-state index contributed by atoms with van der Waals surface area (Å²) < 4.78 is 35.1. The van der Waals surface area contributed by atoms with E-state index in [0.717, 1.165) is 20.3 Å². The van der Waals surface area contributed by atoms with E-state index in [9.17, 15) is 18.0 Å². The largest absolute Gasteiger partial charge is 0.492 e. The number of amides is 2. The number of hydrogen-bond acceptors (Lipinski definition) is 6. The Morgan fingerprint density at radius 2 is 1.67 bits per heavy atom. The van der Waals surface area contributed by atoms with Gasteiger partial charge in [0.2, 0.25) is 11.8 Å². The zero-order valence-corrected chi connectivity index (χ0v) is 26.8. The van der Waals surface area contributed by atoms with Crippen molar-refractivity contribution in [1.29, 1.82) is 0 Å². The molecule has 0 bridgehead atoms. The Bertz CT molecular complexity index is 1460. The Morgan fingerprint density at radius 1 is 0.976 bits per heavy atom. The van der Waals surface area contributed by atoms with E-state index in [1.54, 1.807) is 43.3 Å². The molecule has 0 fully saturated rings. The molecule has 3 aromatic carbocycles. The number of thioether (sulfide) groups is 1. The van der Waals surface area contributed by atoms with Crippen molar-refractivity contribution in [3.8, 4) is 5.75 Å². The van der Waals surface area contributed by atoms with E-state index >= 15 is 0 Å². The Balaban J connectivity index is 2.07. The third-order valence-corrected chi connectivity index (χ3v) is 9.16. The van der Waals surface area contributed by atoms with E-state index in [2.05, 4.69) is 5.32 Å². The summed E-state index contributed by atoms with van der Waals surface area (Å²) in [7, 11) is -4.20. The predicted molar refractivity (Wildman–Crippen MR) is 169 cm³/mol. The minimum absolute atomic E-state index is 0.0485. The fraction of sp³-hybridized carbons (Fsp3) is 0.375. The van der Waals surface area contributed by atoms with Crippen LogP contribution in [0.5, 0.6) is 5.75 Å². The van der Waals surface area contributed by atoms with Crippen LogP contribution in [0.2, 0.25) is 0 Å². The number of para-hydroxylation sites is 2. The molecule has 2 amide bonds. The van der Waals surface area contributed by atoms with Crippen LogP contribution in [0.1, 0.15) is 38.8 Å². The molecule has 0 radical (unpaired) electrons. The fourth-order valence-corrected chi connectivity index (χ4v) is 6.20. The first-order valence-corrected chi connectivity index (χ1v) is 16.7. The highest BCUT2D eigenvalue weighted by Crippen LogP contribution is 2.33. The van der Waals surface area contributed by atoms with Crippen LogP contribution < -0.4 is 14.4 Å². The average molecular weight is 612 g/mol. The molecule has 0 aliphatic heterocycles. The monoisotopic (exact) mass is 611 g/mol. The van der Waals surface area contributed by atoms with Crippen molar-refractivity contribution in [2.75, 3.05) is 30.3 Å². The number of carbonyl (C=O) groups excluding carboxylic acids is 2. The minimum atomic E-state index is -4.20. The molecule has 42 heavy (non-hydrogen) atoms. The molecule has 10 heteroatoms. The van der Waals surface area contributed by atoms with Crippen LogP contribution >= 0.6 is 11.8 Å². The van der Waals surface area contributed by atoms with Gasteiger partial charge in [0.15, 0.2) is 0 Å². The van der Waals surface area contributed by atoms with Crippen molar-refractivity contribution in [2.24, 2.45) is 5.92 Å². The molecule has 0 spiro atoms. The standard InChI is InChI=1S/C32H41N3O5S2/c1-7-40-30-14-9-8-13-29(30)35(42(38,39)28-17-15-27(41-6)16-18-28)22-31(36)34(21-26-12-10-11-24(4)19-26)25(5)32(37)33-20-23(2)3/h8-19,23,25H,7,20-22H2,1-6H3,(H,33,37)/t25-/m0/s1.